The number of carbonyl (C=O) groups is 1. The number of piperazine rings is 1. The molecule has 4 rings (SSSR count). The van der Waals surface area contributed by atoms with Crippen molar-refractivity contribution >= 4 is 23.2 Å². The Morgan fingerprint density at radius 3 is 2.47 bits per heavy atom. The number of hydrogen-bond donors (Lipinski definition) is 0. The van der Waals surface area contributed by atoms with Crippen LogP contribution in [0.2, 0.25) is 5.02 Å². The van der Waals surface area contributed by atoms with Gasteiger partial charge in [-0.1, -0.05) is 23.7 Å². The largest absolute Gasteiger partial charge is 0.491 e. The minimum atomic E-state index is 0.0500. The number of likely N-dealkylation sites (N-methyl/N-ethyl adjacent to an activating group) is 1. The summed E-state index contributed by atoms with van der Waals surface area (Å²) in [6, 6.07) is 14.0. The van der Waals surface area contributed by atoms with Gasteiger partial charge in [0.1, 0.15) is 5.75 Å². The van der Waals surface area contributed by atoms with Gasteiger partial charge in [-0.15, -0.1) is 0 Å². The van der Waals surface area contributed by atoms with Crippen molar-refractivity contribution in [2.45, 2.75) is 26.0 Å². The lowest BCUT2D eigenvalue weighted by Gasteiger charge is -2.40. The second-order valence-electron chi connectivity index (χ2n) is 8.75. The van der Waals surface area contributed by atoms with Crippen LogP contribution in [0.4, 0.5) is 5.69 Å². The molecule has 32 heavy (non-hydrogen) atoms. The molecule has 1 atom stereocenters. The maximum Gasteiger partial charge on any atom is 0.254 e. The average Bonchev–Trinajstić information content (AvgIpc) is 2.80. The Bertz CT molecular complexity index is 929. The highest BCUT2D eigenvalue weighted by molar-refractivity contribution is 6.33. The summed E-state index contributed by atoms with van der Waals surface area (Å²) in [6.07, 6.45) is 0.146. The number of morpholine rings is 1. The van der Waals surface area contributed by atoms with Crippen LogP contribution in [-0.2, 0) is 4.74 Å². The van der Waals surface area contributed by atoms with Gasteiger partial charge in [0.15, 0.2) is 0 Å². The summed E-state index contributed by atoms with van der Waals surface area (Å²) >= 11 is 6.46. The monoisotopic (exact) mass is 457 g/mol. The molecular weight excluding hydrogens is 426 g/mol. The Morgan fingerprint density at radius 2 is 1.78 bits per heavy atom. The predicted octanol–water partition coefficient (Wildman–Crippen LogP) is 4.09. The van der Waals surface area contributed by atoms with Gasteiger partial charge >= 0.3 is 0 Å². The van der Waals surface area contributed by atoms with E-state index in [1.165, 1.54) is 5.56 Å². The van der Waals surface area contributed by atoms with E-state index in [0.29, 0.717) is 36.9 Å². The van der Waals surface area contributed by atoms with Gasteiger partial charge in [-0.05, 0) is 56.8 Å². The summed E-state index contributed by atoms with van der Waals surface area (Å²) < 4.78 is 11.2. The molecule has 172 valence electrons. The zero-order valence-corrected chi connectivity index (χ0v) is 19.8. The van der Waals surface area contributed by atoms with E-state index in [1.54, 1.807) is 0 Å². The SMILES string of the molecule is CC(C)Oc1ccc([C@@H]2CN(C(=O)c3ccc(Cl)c(N4CCOCC4)c3)CCN2C)cc1. The summed E-state index contributed by atoms with van der Waals surface area (Å²) in [4.78, 5) is 19.9. The molecule has 0 saturated carbocycles. The fourth-order valence-corrected chi connectivity index (χ4v) is 4.57. The smallest absolute Gasteiger partial charge is 0.254 e. The van der Waals surface area contributed by atoms with Crippen molar-refractivity contribution in [2.24, 2.45) is 0 Å². The van der Waals surface area contributed by atoms with Gasteiger partial charge in [-0.2, -0.15) is 0 Å². The number of halogens is 1. The second kappa shape index (κ2) is 10.1. The first-order chi connectivity index (χ1) is 15.4. The van der Waals surface area contributed by atoms with Gasteiger partial charge in [0, 0.05) is 38.3 Å². The molecule has 0 radical (unpaired) electrons. The number of carbonyl (C=O) groups excluding carboxylic acids is 1. The summed E-state index contributed by atoms with van der Waals surface area (Å²) in [5.41, 5.74) is 2.78. The third kappa shape index (κ3) is 5.20. The predicted molar refractivity (Wildman–Crippen MR) is 128 cm³/mol. The van der Waals surface area contributed by atoms with Gasteiger partial charge in [-0.25, -0.2) is 0 Å². The highest BCUT2D eigenvalue weighted by atomic mass is 35.5. The molecular formula is C25H32ClN3O3. The Balaban J connectivity index is 1.49. The van der Waals surface area contributed by atoms with Crippen LogP contribution < -0.4 is 9.64 Å². The van der Waals surface area contributed by atoms with Crippen molar-refractivity contribution in [3.63, 3.8) is 0 Å². The van der Waals surface area contributed by atoms with Crippen LogP contribution >= 0.6 is 11.6 Å². The van der Waals surface area contributed by atoms with Gasteiger partial charge in [0.2, 0.25) is 0 Å². The van der Waals surface area contributed by atoms with Crippen LogP contribution in [0.15, 0.2) is 42.5 Å². The lowest BCUT2D eigenvalue weighted by atomic mass is 10.0. The van der Waals surface area contributed by atoms with Gasteiger partial charge < -0.3 is 19.3 Å². The van der Waals surface area contributed by atoms with Crippen LogP contribution in [0.1, 0.15) is 35.8 Å². The number of ether oxygens (including phenoxy) is 2. The second-order valence-corrected chi connectivity index (χ2v) is 9.16. The third-order valence-corrected chi connectivity index (χ3v) is 6.44. The van der Waals surface area contributed by atoms with Gasteiger partial charge in [0.25, 0.3) is 5.91 Å². The Labute approximate surface area is 195 Å². The maximum atomic E-state index is 13.4. The van der Waals surface area contributed by atoms with Gasteiger partial charge in [-0.3, -0.25) is 9.69 Å². The zero-order valence-electron chi connectivity index (χ0n) is 19.1. The van der Waals surface area contributed by atoms with Crippen molar-refractivity contribution in [1.82, 2.24) is 9.80 Å². The van der Waals surface area contributed by atoms with Crippen molar-refractivity contribution < 1.29 is 14.3 Å². The molecule has 7 heteroatoms. The maximum absolute atomic E-state index is 13.4. The molecule has 0 spiro atoms. The number of anilines is 1. The number of benzene rings is 2. The fourth-order valence-electron chi connectivity index (χ4n) is 4.33. The number of amides is 1. The number of hydrogen-bond acceptors (Lipinski definition) is 5. The third-order valence-electron chi connectivity index (χ3n) is 6.12. The molecule has 2 aliphatic heterocycles. The Morgan fingerprint density at radius 1 is 1.06 bits per heavy atom. The van der Waals surface area contributed by atoms with E-state index in [9.17, 15) is 4.79 Å². The highest BCUT2D eigenvalue weighted by Gasteiger charge is 2.29. The molecule has 0 aromatic heterocycles. The molecule has 1 amide bonds. The summed E-state index contributed by atoms with van der Waals surface area (Å²) in [5, 5.41) is 0.670. The molecule has 0 aliphatic carbocycles. The van der Waals surface area contributed by atoms with Crippen LogP contribution in [0.3, 0.4) is 0 Å². The Hall–Kier alpha value is -2.28. The van der Waals surface area contributed by atoms with Gasteiger partial charge in [0.05, 0.1) is 36.1 Å². The standard InChI is InChI=1S/C25H32ClN3O3/c1-18(2)32-21-7-4-19(5-8-21)24-17-29(11-10-27(24)3)25(30)20-6-9-22(26)23(16-20)28-12-14-31-15-13-28/h4-9,16,18,24H,10-15,17H2,1-3H3/t24-/m0/s1. The van der Waals surface area contributed by atoms with E-state index in [4.69, 9.17) is 21.1 Å². The van der Waals surface area contributed by atoms with Crippen molar-refractivity contribution in [3.8, 4) is 5.75 Å². The fraction of sp³-hybridized carbons (Fsp3) is 0.480. The molecule has 2 aromatic carbocycles. The topological polar surface area (TPSA) is 45.3 Å². The van der Waals surface area contributed by atoms with Crippen LogP contribution in [-0.4, -0.2) is 74.8 Å². The lowest BCUT2D eigenvalue weighted by Crippen LogP contribution is -2.49. The van der Waals surface area contributed by atoms with E-state index in [2.05, 4.69) is 29.0 Å². The summed E-state index contributed by atoms with van der Waals surface area (Å²) in [5.74, 6) is 0.918. The van der Waals surface area contributed by atoms with Crippen molar-refractivity contribution in [3.05, 3.63) is 58.6 Å². The van der Waals surface area contributed by atoms with Crippen LogP contribution in [0, 0.1) is 0 Å². The van der Waals surface area contributed by atoms with E-state index in [-0.39, 0.29) is 18.1 Å². The Kier molecular flexibility index (Phi) is 7.23. The minimum absolute atomic E-state index is 0.0500. The molecule has 2 saturated heterocycles. The first kappa shape index (κ1) is 22.9. The first-order valence-corrected chi connectivity index (χ1v) is 11.7. The number of rotatable bonds is 5. The molecule has 0 N–H and O–H groups in total. The zero-order chi connectivity index (χ0) is 22.7. The van der Waals surface area contributed by atoms with E-state index >= 15 is 0 Å². The lowest BCUT2D eigenvalue weighted by molar-refractivity contribution is 0.0546. The van der Waals surface area contributed by atoms with Crippen LogP contribution in [0.5, 0.6) is 5.75 Å². The number of nitrogens with zero attached hydrogens (tertiary/aromatic N) is 3. The molecule has 6 nitrogen and oxygen atoms in total. The van der Waals surface area contributed by atoms with Crippen molar-refractivity contribution in [2.75, 3.05) is 57.9 Å². The van der Waals surface area contributed by atoms with Crippen molar-refractivity contribution in [1.29, 1.82) is 0 Å². The molecule has 2 heterocycles. The normalized spacial score (nSPS) is 20.0. The molecule has 2 fully saturated rings. The summed E-state index contributed by atoms with van der Waals surface area (Å²) in [7, 11) is 2.11. The first-order valence-electron chi connectivity index (χ1n) is 11.3. The molecule has 2 aliphatic rings. The molecule has 2 aromatic rings. The highest BCUT2D eigenvalue weighted by Crippen LogP contribution is 2.30. The summed E-state index contributed by atoms with van der Waals surface area (Å²) in [6.45, 7) is 9.14. The molecule has 0 bridgehead atoms. The van der Waals surface area contributed by atoms with E-state index < -0.39 is 0 Å². The van der Waals surface area contributed by atoms with Crippen LogP contribution in [0.25, 0.3) is 0 Å². The average molecular weight is 458 g/mol. The van der Waals surface area contributed by atoms with E-state index in [0.717, 1.165) is 31.1 Å². The molecule has 0 unspecified atom stereocenters. The minimum Gasteiger partial charge on any atom is -0.491 e. The van der Waals surface area contributed by atoms with E-state index in [1.807, 2.05) is 49.1 Å². The quantitative estimate of drug-likeness (QED) is 0.676.